The summed E-state index contributed by atoms with van der Waals surface area (Å²) in [6.45, 7) is 11.8. The molecule has 0 aromatic rings. The van der Waals surface area contributed by atoms with E-state index >= 15 is 0 Å². The summed E-state index contributed by atoms with van der Waals surface area (Å²) >= 11 is 0. The lowest BCUT2D eigenvalue weighted by atomic mass is 9.47. The van der Waals surface area contributed by atoms with Crippen LogP contribution in [0.3, 0.4) is 0 Å². The van der Waals surface area contributed by atoms with Crippen molar-refractivity contribution in [3.63, 3.8) is 0 Å². The first-order chi connectivity index (χ1) is 13.4. The van der Waals surface area contributed by atoms with Crippen LogP contribution in [0.1, 0.15) is 72.1 Å². The third-order valence-electron chi connectivity index (χ3n) is 9.13. The fourth-order valence-corrected chi connectivity index (χ4v) is 7.64. The number of aliphatic imine (C=N–C) groups is 1. The van der Waals surface area contributed by atoms with Crippen molar-refractivity contribution in [2.75, 3.05) is 13.2 Å². The van der Waals surface area contributed by atoms with Gasteiger partial charge in [-0.05, 0) is 93.6 Å². The third-order valence-corrected chi connectivity index (χ3v) is 9.13. The average Bonchev–Trinajstić information content (AvgIpc) is 3.03. The molecule has 4 aliphatic rings. The predicted molar refractivity (Wildman–Crippen MR) is 115 cm³/mol. The molecular weight excluding hydrogens is 348 g/mol. The van der Waals surface area contributed by atoms with Crippen molar-refractivity contribution in [3.05, 3.63) is 11.6 Å². The van der Waals surface area contributed by atoms with Gasteiger partial charge in [-0.2, -0.15) is 0 Å². The van der Waals surface area contributed by atoms with Crippen LogP contribution in [-0.2, 0) is 4.84 Å². The van der Waals surface area contributed by atoms with Crippen molar-refractivity contribution < 1.29 is 9.94 Å². The van der Waals surface area contributed by atoms with Gasteiger partial charge in [0.25, 0.3) is 0 Å². The van der Waals surface area contributed by atoms with Crippen LogP contribution in [0.15, 0.2) is 21.8 Å². The SMILES string of the molecule is C=NCCO/N=C(/C)C1CCC2C3CC=C4CC(O)CCC4(C)C3CCC12C. The second-order valence-corrected chi connectivity index (χ2v) is 10.3. The van der Waals surface area contributed by atoms with Crippen molar-refractivity contribution in [1.82, 2.24) is 0 Å². The summed E-state index contributed by atoms with van der Waals surface area (Å²) in [6, 6.07) is 0. The molecule has 4 aliphatic carbocycles. The van der Waals surface area contributed by atoms with Gasteiger partial charge in [-0.15, -0.1) is 0 Å². The zero-order valence-electron chi connectivity index (χ0n) is 18.0. The Kier molecular flexibility index (Phi) is 5.45. The number of rotatable bonds is 5. The quantitative estimate of drug-likeness (QED) is 0.312. The number of oxime groups is 1. The van der Waals surface area contributed by atoms with Gasteiger partial charge in [0.15, 0.2) is 0 Å². The van der Waals surface area contributed by atoms with Crippen LogP contribution in [0.4, 0.5) is 0 Å². The number of aliphatic hydroxyl groups excluding tert-OH is 1. The van der Waals surface area contributed by atoms with Crippen molar-refractivity contribution in [3.8, 4) is 0 Å². The molecule has 1 N–H and O–H groups in total. The van der Waals surface area contributed by atoms with Gasteiger partial charge in [0, 0.05) is 5.92 Å². The van der Waals surface area contributed by atoms with Crippen molar-refractivity contribution in [2.45, 2.75) is 78.2 Å². The fraction of sp³-hybridized carbons (Fsp3) is 0.833. The summed E-state index contributed by atoms with van der Waals surface area (Å²) < 4.78 is 0. The van der Waals surface area contributed by atoms with Crippen LogP contribution in [0.2, 0.25) is 0 Å². The smallest absolute Gasteiger partial charge is 0.136 e. The lowest BCUT2D eigenvalue weighted by Gasteiger charge is -2.58. The van der Waals surface area contributed by atoms with Gasteiger partial charge in [0.1, 0.15) is 6.61 Å². The molecule has 0 heterocycles. The molecule has 0 aromatic heterocycles. The fourth-order valence-electron chi connectivity index (χ4n) is 7.64. The average molecular weight is 387 g/mol. The van der Waals surface area contributed by atoms with Crippen molar-refractivity contribution in [1.29, 1.82) is 0 Å². The summed E-state index contributed by atoms with van der Waals surface area (Å²) in [5.74, 6) is 2.93. The van der Waals surface area contributed by atoms with E-state index in [1.807, 2.05) is 0 Å². The molecule has 4 nitrogen and oxygen atoms in total. The zero-order chi connectivity index (χ0) is 19.9. The number of hydrogen-bond acceptors (Lipinski definition) is 4. The molecule has 0 aromatic carbocycles. The molecule has 4 heteroatoms. The van der Waals surface area contributed by atoms with Crippen LogP contribution < -0.4 is 0 Å². The maximum absolute atomic E-state index is 10.2. The van der Waals surface area contributed by atoms with Crippen LogP contribution in [0, 0.1) is 34.5 Å². The summed E-state index contributed by atoms with van der Waals surface area (Å²) in [4.78, 5) is 9.33. The lowest BCUT2D eigenvalue weighted by Crippen LogP contribution is -2.50. The van der Waals surface area contributed by atoms with E-state index in [0.29, 0.717) is 29.9 Å². The van der Waals surface area contributed by atoms with Gasteiger partial charge in [0.2, 0.25) is 0 Å². The molecule has 0 bridgehead atoms. The van der Waals surface area contributed by atoms with E-state index in [1.54, 1.807) is 5.57 Å². The van der Waals surface area contributed by atoms with Crippen molar-refractivity contribution >= 4 is 12.4 Å². The minimum absolute atomic E-state index is 0.115. The lowest BCUT2D eigenvalue weighted by molar-refractivity contribution is -0.0426. The number of nitrogens with zero attached hydrogens (tertiary/aromatic N) is 2. The molecule has 0 amide bonds. The molecule has 3 saturated carbocycles. The first kappa shape index (κ1) is 20.1. The standard InChI is InChI=1S/C24H38N2O2/c1-16(26-28-14-13-25-4)20-7-8-21-19-6-5-17-15-18(27)9-11-23(17,2)22(19)10-12-24(20,21)3/h5,18-22,27H,4,6-15H2,1-3H3/b26-16-. The summed E-state index contributed by atoms with van der Waals surface area (Å²) in [7, 11) is 0. The first-order valence-corrected chi connectivity index (χ1v) is 11.4. The Balaban J connectivity index is 1.53. The van der Waals surface area contributed by atoms with Gasteiger partial charge in [-0.3, -0.25) is 4.99 Å². The van der Waals surface area contributed by atoms with E-state index in [4.69, 9.17) is 4.84 Å². The van der Waals surface area contributed by atoms with E-state index in [9.17, 15) is 5.11 Å². The Morgan fingerprint density at radius 2 is 2.04 bits per heavy atom. The molecule has 7 atom stereocenters. The second-order valence-electron chi connectivity index (χ2n) is 10.3. The predicted octanol–water partition coefficient (Wildman–Crippen LogP) is 5.02. The van der Waals surface area contributed by atoms with Gasteiger partial charge in [-0.1, -0.05) is 30.7 Å². The number of aliphatic hydroxyl groups is 1. The van der Waals surface area contributed by atoms with E-state index in [1.165, 1.54) is 44.2 Å². The monoisotopic (exact) mass is 386 g/mol. The number of allylic oxidation sites excluding steroid dienone is 1. The molecule has 156 valence electrons. The molecule has 28 heavy (non-hydrogen) atoms. The van der Waals surface area contributed by atoms with E-state index in [-0.39, 0.29) is 6.10 Å². The maximum Gasteiger partial charge on any atom is 0.136 e. The summed E-state index contributed by atoms with van der Waals surface area (Å²) in [5.41, 5.74) is 3.41. The Morgan fingerprint density at radius 1 is 1.21 bits per heavy atom. The number of fused-ring (bicyclic) bond motifs is 5. The molecule has 0 spiro atoms. The van der Waals surface area contributed by atoms with Crippen molar-refractivity contribution in [2.24, 2.45) is 44.6 Å². The van der Waals surface area contributed by atoms with Gasteiger partial charge < -0.3 is 9.94 Å². The topological polar surface area (TPSA) is 54.2 Å². The highest BCUT2D eigenvalue weighted by atomic mass is 16.6. The molecule has 7 unspecified atom stereocenters. The second kappa shape index (κ2) is 7.59. The largest absolute Gasteiger partial charge is 0.394 e. The van der Waals surface area contributed by atoms with E-state index in [0.717, 1.165) is 30.6 Å². The van der Waals surface area contributed by atoms with Gasteiger partial charge in [0.05, 0.1) is 18.4 Å². The highest BCUT2D eigenvalue weighted by molar-refractivity contribution is 5.85. The van der Waals surface area contributed by atoms with Crippen LogP contribution in [0.25, 0.3) is 0 Å². The Labute approximate surface area is 170 Å². The number of hydrogen-bond donors (Lipinski definition) is 1. The molecular formula is C24H38N2O2. The summed E-state index contributed by atoms with van der Waals surface area (Å²) in [6.07, 6.45) is 11.9. The van der Waals surface area contributed by atoms with Gasteiger partial charge in [-0.25, -0.2) is 0 Å². The van der Waals surface area contributed by atoms with Crippen LogP contribution >= 0.6 is 0 Å². The summed E-state index contributed by atoms with van der Waals surface area (Å²) in [5, 5.41) is 14.6. The molecule has 0 aliphatic heterocycles. The zero-order valence-corrected chi connectivity index (χ0v) is 18.0. The van der Waals surface area contributed by atoms with Crippen LogP contribution in [0.5, 0.6) is 0 Å². The van der Waals surface area contributed by atoms with Gasteiger partial charge >= 0.3 is 0 Å². The molecule has 0 saturated heterocycles. The molecule has 0 radical (unpaired) electrons. The Morgan fingerprint density at radius 3 is 2.82 bits per heavy atom. The third kappa shape index (κ3) is 3.16. The maximum atomic E-state index is 10.2. The first-order valence-electron chi connectivity index (χ1n) is 11.4. The van der Waals surface area contributed by atoms with Crippen LogP contribution in [-0.4, -0.2) is 36.8 Å². The van der Waals surface area contributed by atoms with E-state index in [2.05, 4.69) is 43.7 Å². The Hall–Kier alpha value is -1.16. The highest BCUT2D eigenvalue weighted by Crippen LogP contribution is 2.66. The molecule has 3 fully saturated rings. The molecule has 4 rings (SSSR count). The Bertz CT molecular complexity index is 672. The van der Waals surface area contributed by atoms with E-state index < -0.39 is 0 Å². The minimum Gasteiger partial charge on any atom is -0.394 e. The highest BCUT2D eigenvalue weighted by Gasteiger charge is 2.59. The normalized spacial score (nSPS) is 45.5. The minimum atomic E-state index is -0.115.